The molecule has 0 amide bonds. The van der Waals surface area contributed by atoms with Gasteiger partial charge in [-0.1, -0.05) is 6.07 Å². The first kappa shape index (κ1) is 21.4. The lowest BCUT2D eigenvalue weighted by Crippen LogP contribution is -2.42. The summed E-state index contributed by atoms with van der Waals surface area (Å²) in [7, 11) is 3.39. The molecule has 1 aromatic rings. The Morgan fingerprint density at radius 1 is 1.04 bits per heavy atom. The van der Waals surface area contributed by atoms with Crippen LogP contribution in [0.4, 0.5) is 0 Å². The number of piperidine rings is 1. The van der Waals surface area contributed by atoms with Crippen LogP contribution in [0.1, 0.15) is 24.8 Å². The van der Waals surface area contributed by atoms with Gasteiger partial charge in [0, 0.05) is 12.6 Å². The van der Waals surface area contributed by atoms with Crippen LogP contribution < -0.4 is 14.8 Å². The summed E-state index contributed by atoms with van der Waals surface area (Å²) >= 11 is 0. The molecule has 2 aliphatic rings. The molecule has 1 N–H and O–H groups in total. The highest BCUT2D eigenvalue weighted by molar-refractivity contribution is 5.85. The molecule has 2 heterocycles. The zero-order valence-electron chi connectivity index (χ0n) is 14.6. The molecule has 138 valence electrons. The molecule has 0 spiro atoms. The molecule has 3 rings (SSSR count). The van der Waals surface area contributed by atoms with Gasteiger partial charge in [-0.2, -0.15) is 0 Å². The molecular formula is C18H30Cl2N2O2. The molecule has 2 aliphatic heterocycles. The second kappa shape index (κ2) is 10.3. The molecule has 0 aromatic heterocycles. The number of nitrogens with zero attached hydrogens (tertiary/aromatic N) is 1. The van der Waals surface area contributed by atoms with Crippen molar-refractivity contribution in [2.45, 2.75) is 31.7 Å². The number of nitrogens with one attached hydrogen (secondary N) is 1. The smallest absolute Gasteiger partial charge is 0.160 e. The van der Waals surface area contributed by atoms with Crippen LogP contribution in [0.25, 0.3) is 0 Å². The molecule has 0 aliphatic carbocycles. The lowest BCUT2D eigenvalue weighted by Gasteiger charge is -2.31. The van der Waals surface area contributed by atoms with Gasteiger partial charge in [0.2, 0.25) is 0 Å². The third-order valence-electron chi connectivity index (χ3n) is 5.11. The van der Waals surface area contributed by atoms with E-state index in [4.69, 9.17) is 9.47 Å². The van der Waals surface area contributed by atoms with E-state index in [1.807, 2.05) is 6.07 Å². The first-order chi connectivity index (χ1) is 10.8. The standard InChI is InChI=1S/C18H28N2O2.2ClH/c1-21-17-4-3-14(12-18(17)22-2)11-15-7-10-20(13-15)16-5-8-19-9-6-16;;/h3-4,12,15-16,19H,5-11,13H2,1-2H3;2*1H. The van der Waals surface area contributed by atoms with Crippen molar-refractivity contribution >= 4 is 24.8 Å². The van der Waals surface area contributed by atoms with E-state index in [0.29, 0.717) is 0 Å². The molecule has 4 nitrogen and oxygen atoms in total. The van der Waals surface area contributed by atoms with E-state index in [-0.39, 0.29) is 24.8 Å². The topological polar surface area (TPSA) is 33.7 Å². The molecule has 1 aromatic carbocycles. The van der Waals surface area contributed by atoms with E-state index in [0.717, 1.165) is 29.9 Å². The Bertz CT molecular complexity index is 496. The zero-order chi connectivity index (χ0) is 15.4. The van der Waals surface area contributed by atoms with Gasteiger partial charge in [0.05, 0.1) is 14.2 Å². The van der Waals surface area contributed by atoms with Crippen LogP contribution >= 0.6 is 24.8 Å². The monoisotopic (exact) mass is 376 g/mol. The Morgan fingerprint density at radius 3 is 2.42 bits per heavy atom. The highest BCUT2D eigenvalue weighted by atomic mass is 35.5. The van der Waals surface area contributed by atoms with Crippen LogP contribution in [-0.2, 0) is 6.42 Å². The van der Waals surface area contributed by atoms with Gasteiger partial charge < -0.3 is 14.8 Å². The second-order valence-electron chi connectivity index (χ2n) is 6.52. The first-order valence-corrected chi connectivity index (χ1v) is 8.46. The van der Waals surface area contributed by atoms with Gasteiger partial charge in [0.1, 0.15) is 0 Å². The molecule has 2 saturated heterocycles. The maximum absolute atomic E-state index is 5.42. The van der Waals surface area contributed by atoms with Crippen LogP contribution in [0.2, 0.25) is 0 Å². The Labute approximate surface area is 158 Å². The third kappa shape index (κ3) is 5.16. The first-order valence-electron chi connectivity index (χ1n) is 8.46. The van der Waals surface area contributed by atoms with Gasteiger partial charge in [0.15, 0.2) is 11.5 Å². The minimum Gasteiger partial charge on any atom is -0.493 e. The van der Waals surface area contributed by atoms with Gasteiger partial charge in [-0.3, -0.25) is 4.90 Å². The molecule has 1 unspecified atom stereocenters. The molecule has 0 radical (unpaired) electrons. The Hall–Kier alpha value is -0.680. The molecule has 0 bridgehead atoms. The average molecular weight is 377 g/mol. The number of benzene rings is 1. The fourth-order valence-electron chi connectivity index (χ4n) is 3.87. The van der Waals surface area contributed by atoms with Crippen LogP contribution in [0.5, 0.6) is 11.5 Å². The van der Waals surface area contributed by atoms with Crippen LogP contribution in [0.15, 0.2) is 18.2 Å². The maximum atomic E-state index is 5.42. The van der Waals surface area contributed by atoms with Gasteiger partial charge in [-0.05, 0) is 68.9 Å². The average Bonchev–Trinajstić information content (AvgIpc) is 3.04. The number of ether oxygens (including phenoxy) is 2. The van der Waals surface area contributed by atoms with Crippen molar-refractivity contribution in [2.24, 2.45) is 5.92 Å². The van der Waals surface area contributed by atoms with Crippen molar-refractivity contribution in [1.82, 2.24) is 10.2 Å². The maximum Gasteiger partial charge on any atom is 0.160 e. The summed E-state index contributed by atoms with van der Waals surface area (Å²) in [5, 5.41) is 3.46. The molecule has 2 fully saturated rings. The summed E-state index contributed by atoms with van der Waals surface area (Å²) in [5.74, 6) is 2.43. The SMILES string of the molecule is COc1ccc(CC2CCN(C3CCNCC3)C2)cc1OC.Cl.Cl. The minimum absolute atomic E-state index is 0. The number of hydrogen-bond acceptors (Lipinski definition) is 4. The summed E-state index contributed by atoms with van der Waals surface area (Å²) in [6, 6.07) is 7.13. The number of rotatable bonds is 5. The van der Waals surface area contributed by atoms with Crippen LogP contribution in [0.3, 0.4) is 0 Å². The summed E-state index contributed by atoms with van der Waals surface area (Å²) in [6.45, 7) is 4.88. The lowest BCUT2D eigenvalue weighted by atomic mass is 9.98. The van der Waals surface area contributed by atoms with Crippen molar-refractivity contribution in [3.05, 3.63) is 23.8 Å². The van der Waals surface area contributed by atoms with E-state index in [2.05, 4.69) is 22.3 Å². The summed E-state index contributed by atoms with van der Waals surface area (Å²) in [4.78, 5) is 2.71. The van der Waals surface area contributed by atoms with E-state index in [1.165, 1.54) is 51.0 Å². The third-order valence-corrected chi connectivity index (χ3v) is 5.11. The van der Waals surface area contributed by atoms with Gasteiger partial charge in [-0.15, -0.1) is 24.8 Å². The number of hydrogen-bond donors (Lipinski definition) is 1. The molecule has 0 saturated carbocycles. The van der Waals surface area contributed by atoms with E-state index in [9.17, 15) is 0 Å². The zero-order valence-corrected chi connectivity index (χ0v) is 16.3. The summed E-state index contributed by atoms with van der Waals surface area (Å²) in [5.41, 5.74) is 1.36. The molecule has 6 heteroatoms. The normalized spacial score (nSPS) is 21.7. The van der Waals surface area contributed by atoms with E-state index >= 15 is 0 Å². The highest BCUT2D eigenvalue weighted by Crippen LogP contribution is 2.30. The Kier molecular flexibility index (Phi) is 9.21. The predicted octanol–water partition coefficient (Wildman–Crippen LogP) is 3.16. The van der Waals surface area contributed by atoms with Crippen molar-refractivity contribution in [2.75, 3.05) is 40.4 Å². The van der Waals surface area contributed by atoms with Crippen molar-refractivity contribution in [3.63, 3.8) is 0 Å². The van der Waals surface area contributed by atoms with Gasteiger partial charge in [-0.25, -0.2) is 0 Å². The molecule has 24 heavy (non-hydrogen) atoms. The van der Waals surface area contributed by atoms with E-state index in [1.54, 1.807) is 14.2 Å². The largest absolute Gasteiger partial charge is 0.493 e. The van der Waals surface area contributed by atoms with Crippen molar-refractivity contribution in [1.29, 1.82) is 0 Å². The quantitative estimate of drug-likeness (QED) is 0.855. The number of likely N-dealkylation sites (tertiary alicyclic amines) is 1. The van der Waals surface area contributed by atoms with Crippen LogP contribution in [-0.4, -0.2) is 51.3 Å². The predicted molar refractivity (Wildman–Crippen MR) is 103 cm³/mol. The van der Waals surface area contributed by atoms with Crippen LogP contribution in [0, 0.1) is 5.92 Å². The number of halogens is 2. The summed E-state index contributed by atoms with van der Waals surface area (Å²) in [6.07, 6.45) is 5.08. The second-order valence-corrected chi connectivity index (χ2v) is 6.52. The van der Waals surface area contributed by atoms with E-state index < -0.39 is 0 Å². The Balaban J connectivity index is 0.00000144. The van der Waals surface area contributed by atoms with Gasteiger partial charge >= 0.3 is 0 Å². The van der Waals surface area contributed by atoms with Crippen molar-refractivity contribution < 1.29 is 9.47 Å². The number of methoxy groups -OCH3 is 2. The highest BCUT2D eigenvalue weighted by Gasteiger charge is 2.29. The molecule has 1 atom stereocenters. The Morgan fingerprint density at radius 2 is 1.75 bits per heavy atom. The molecular weight excluding hydrogens is 347 g/mol. The lowest BCUT2D eigenvalue weighted by molar-refractivity contribution is 0.192. The van der Waals surface area contributed by atoms with Crippen molar-refractivity contribution in [3.8, 4) is 11.5 Å². The van der Waals surface area contributed by atoms with Gasteiger partial charge in [0.25, 0.3) is 0 Å². The minimum atomic E-state index is 0. The summed E-state index contributed by atoms with van der Waals surface area (Å²) < 4.78 is 10.7. The fraction of sp³-hybridized carbons (Fsp3) is 0.667. The fourth-order valence-corrected chi connectivity index (χ4v) is 3.87.